The molecule has 3 aromatic carbocycles. The number of rotatable bonds is 12. The summed E-state index contributed by atoms with van der Waals surface area (Å²) in [5.41, 5.74) is 3.99. The Morgan fingerprint density at radius 3 is 2.51 bits per heavy atom. The second kappa shape index (κ2) is 17.8. The zero-order chi connectivity index (χ0) is 43.7. The fourth-order valence-electron chi connectivity index (χ4n) is 8.58. The highest BCUT2D eigenvalue weighted by atomic mass is 35.5. The number of hydrogen-bond acceptors (Lipinski definition) is 13. The molecule has 4 aliphatic heterocycles. The van der Waals surface area contributed by atoms with Gasteiger partial charge in [-0.1, -0.05) is 23.7 Å². The summed E-state index contributed by atoms with van der Waals surface area (Å²) in [5.74, 6) is -0.585. The highest BCUT2D eigenvalue weighted by Gasteiger charge is 2.34. The van der Waals surface area contributed by atoms with Crippen LogP contribution in [0.3, 0.4) is 0 Å². The molecule has 16 nitrogen and oxygen atoms in total. The third-order valence-corrected chi connectivity index (χ3v) is 13.7. The van der Waals surface area contributed by atoms with Crippen molar-refractivity contribution in [3.05, 3.63) is 111 Å². The number of hydrogen-bond donors (Lipinski definition) is 3. The average Bonchev–Trinajstić information content (AvgIpc) is 3.75. The predicted octanol–water partition coefficient (Wildman–Crippen LogP) is 6.70. The van der Waals surface area contributed by atoms with Gasteiger partial charge in [0, 0.05) is 93.7 Å². The standard InChI is InChI=1S/C44H46ClFN8O8S/c45-32-3-1-29(2-4-32)35-10-19-61-27-31(35)26-51-14-16-52(17-15-51)33-5-7-36(38(24-33)53-18-22-62-43-40(53)23-30-9-13-47-41(30)49-43)42(55)50-63(58,59)34-6-8-37(39(25-34)54(56)57)48-28-44(46)11-20-60-21-12-44/h1-9,13,23-25,48H,10-12,14-22,26-28H2,(H,47,49)(H,50,55). The van der Waals surface area contributed by atoms with E-state index in [1.54, 1.807) is 18.3 Å². The molecule has 0 spiro atoms. The van der Waals surface area contributed by atoms with Gasteiger partial charge in [0.1, 0.15) is 29.3 Å². The Labute approximate surface area is 368 Å². The van der Waals surface area contributed by atoms with E-state index in [2.05, 4.69) is 41.9 Å². The van der Waals surface area contributed by atoms with E-state index in [-0.39, 0.29) is 50.5 Å². The van der Waals surface area contributed by atoms with Gasteiger partial charge in [-0.15, -0.1) is 0 Å². The maximum Gasteiger partial charge on any atom is 0.293 e. The number of amides is 1. The lowest BCUT2D eigenvalue weighted by molar-refractivity contribution is -0.384. The Morgan fingerprint density at radius 1 is 0.937 bits per heavy atom. The number of halogens is 2. The topological polar surface area (TPSA) is 185 Å². The monoisotopic (exact) mass is 900 g/mol. The molecule has 5 aromatic rings. The lowest BCUT2D eigenvalue weighted by Gasteiger charge is -2.38. The van der Waals surface area contributed by atoms with Crippen LogP contribution in [0.5, 0.6) is 5.88 Å². The van der Waals surface area contributed by atoms with Crippen LogP contribution in [0.2, 0.25) is 5.02 Å². The van der Waals surface area contributed by atoms with Gasteiger partial charge in [-0.25, -0.2) is 17.5 Å². The van der Waals surface area contributed by atoms with E-state index in [0.717, 1.165) is 54.8 Å². The lowest BCUT2D eigenvalue weighted by atomic mass is 9.95. The van der Waals surface area contributed by atoms with Crippen molar-refractivity contribution in [2.24, 2.45) is 0 Å². The van der Waals surface area contributed by atoms with E-state index in [9.17, 15) is 23.3 Å². The Morgan fingerprint density at radius 2 is 1.73 bits per heavy atom. The molecule has 1 amide bonds. The number of H-pyrrole nitrogens is 1. The molecular formula is C44H46ClFN8O8S. The molecule has 9 rings (SSSR count). The number of fused-ring (bicyclic) bond motifs is 2. The van der Waals surface area contributed by atoms with Crippen molar-refractivity contribution < 1.29 is 36.7 Å². The van der Waals surface area contributed by atoms with Gasteiger partial charge in [-0.2, -0.15) is 4.98 Å². The molecule has 0 radical (unpaired) electrons. The summed E-state index contributed by atoms with van der Waals surface area (Å²) in [6, 6.07) is 20.2. The van der Waals surface area contributed by atoms with E-state index in [4.69, 9.17) is 25.8 Å². The van der Waals surface area contributed by atoms with Crippen molar-refractivity contribution in [3.8, 4) is 5.88 Å². The van der Waals surface area contributed by atoms with Crippen molar-refractivity contribution in [2.45, 2.75) is 29.8 Å². The van der Waals surface area contributed by atoms with Crippen molar-refractivity contribution in [3.63, 3.8) is 0 Å². The number of nitrogens with one attached hydrogen (secondary N) is 3. The van der Waals surface area contributed by atoms with Crippen LogP contribution >= 0.6 is 11.6 Å². The molecule has 4 aliphatic rings. The van der Waals surface area contributed by atoms with Crippen LogP contribution in [-0.4, -0.2) is 119 Å². The van der Waals surface area contributed by atoms with Crippen LogP contribution in [0.25, 0.3) is 16.6 Å². The minimum atomic E-state index is -4.65. The molecule has 63 heavy (non-hydrogen) atoms. The van der Waals surface area contributed by atoms with Gasteiger partial charge in [-0.3, -0.25) is 19.8 Å². The zero-order valence-corrected chi connectivity index (χ0v) is 35.9. The van der Waals surface area contributed by atoms with Gasteiger partial charge in [0.15, 0.2) is 0 Å². The van der Waals surface area contributed by atoms with Crippen LogP contribution in [-0.2, 0) is 19.5 Å². The summed E-state index contributed by atoms with van der Waals surface area (Å²) >= 11 is 6.18. The number of alkyl halides is 1. The average molecular weight is 901 g/mol. The number of carbonyl (C=O) groups is 1. The molecule has 0 bridgehead atoms. The first kappa shape index (κ1) is 42.5. The lowest BCUT2D eigenvalue weighted by Crippen LogP contribution is -2.47. The molecule has 0 atom stereocenters. The summed E-state index contributed by atoms with van der Waals surface area (Å²) in [7, 11) is -4.65. The van der Waals surface area contributed by atoms with Crippen LogP contribution in [0.4, 0.5) is 32.8 Å². The Bertz CT molecular complexity index is 2680. The molecule has 19 heteroatoms. The van der Waals surface area contributed by atoms with Crippen molar-refractivity contribution in [1.82, 2.24) is 19.6 Å². The van der Waals surface area contributed by atoms with Crippen molar-refractivity contribution in [1.29, 1.82) is 0 Å². The van der Waals surface area contributed by atoms with E-state index in [1.807, 2.05) is 35.2 Å². The second-order valence-corrected chi connectivity index (χ2v) is 18.2. The minimum Gasteiger partial charge on any atom is -0.474 e. The normalized spacial score (nSPS) is 18.2. The molecule has 0 aliphatic carbocycles. The smallest absolute Gasteiger partial charge is 0.293 e. The summed E-state index contributed by atoms with van der Waals surface area (Å²) < 4.78 is 62.2. The number of piperazine rings is 1. The van der Waals surface area contributed by atoms with E-state index in [0.29, 0.717) is 60.8 Å². The first-order valence-electron chi connectivity index (χ1n) is 20.8. The fourth-order valence-corrected chi connectivity index (χ4v) is 9.69. The fraction of sp³-hybridized carbons (Fsp3) is 0.364. The number of aromatic nitrogens is 2. The SMILES string of the molecule is O=C(NS(=O)(=O)c1ccc(NCC2(F)CCOCC2)c([N+](=O)[O-])c1)c1ccc(N2CCN(CC3=C(c4ccc(Cl)cc4)CCOC3)CC2)cc1N1CCOc2nc3[nH]ccc3cc21. The number of pyridine rings is 1. The summed E-state index contributed by atoms with van der Waals surface area (Å²) in [6.45, 7) is 5.76. The van der Waals surface area contributed by atoms with Gasteiger partial charge >= 0.3 is 0 Å². The molecular weight excluding hydrogens is 855 g/mol. The first-order chi connectivity index (χ1) is 30.4. The van der Waals surface area contributed by atoms with Crippen LogP contribution < -0.4 is 24.6 Å². The zero-order valence-electron chi connectivity index (χ0n) is 34.3. The highest BCUT2D eigenvalue weighted by molar-refractivity contribution is 7.90. The predicted molar refractivity (Wildman–Crippen MR) is 238 cm³/mol. The Balaban J connectivity index is 0.975. The number of nitro benzene ring substituents is 1. The number of ether oxygens (including phenoxy) is 3. The molecule has 2 fully saturated rings. The first-order valence-corrected chi connectivity index (χ1v) is 22.7. The highest BCUT2D eigenvalue weighted by Crippen LogP contribution is 2.41. The maximum atomic E-state index is 15.3. The molecule has 330 valence electrons. The number of nitrogens with zero attached hydrogens (tertiary/aromatic N) is 5. The third-order valence-electron chi connectivity index (χ3n) is 12.1. The second-order valence-electron chi connectivity index (χ2n) is 16.1. The van der Waals surface area contributed by atoms with Gasteiger partial charge in [0.2, 0.25) is 5.88 Å². The van der Waals surface area contributed by atoms with Crippen molar-refractivity contribution >= 4 is 72.6 Å². The largest absolute Gasteiger partial charge is 0.474 e. The molecule has 3 N–H and O–H groups in total. The van der Waals surface area contributed by atoms with E-state index < -0.39 is 37.1 Å². The van der Waals surface area contributed by atoms with E-state index >= 15 is 4.39 Å². The number of nitro groups is 1. The van der Waals surface area contributed by atoms with Gasteiger partial charge in [-0.05, 0) is 77.7 Å². The van der Waals surface area contributed by atoms with Crippen molar-refractivity contribution in [2.75, 3.05) is 94.0 Å². The van der Waals surface area contributed by atoms with Crippen LogP contribution in [0, 0.1) is 10.1 Å². The van der Waals surface area contributed by atoms with E-state index in [1.165, 1.54) is 17.2 Å². The summed E-state index contributed by atoms with van der Waals surface area (Å²) in [5, 5.41) is 16.4. The van der Waals surface area contributed by atoms with Gasteiger partial charge in [0.05, 0.1) is 40.8 Å². The number of anilines is 4. The number of carbonyl (C=O) groups excluding carboxylic acids is 1. The van der Waals surface area contributed by atoms with Crippen LogP contribution in [0.15, 0.2) is 89.5 Å². The summed E-state index contributed by atoms with van der Waals surface area (Å²) in [6.07, 6.45) is 2.84. The number of benzene rings is 3. The minimum absolute atomic E-state index is 0.0496. The quantitative estimate of drug-likeness (QED) is 0.0889. The molecule has 0 saturated carbocycles. The third kappa shape index (κ3) is 9.17. The number of aromatic amines is 1. The molecule has 6 heterocycles. The van der Waals surface area contributed by atoms with Gasteiger partial charge < -0.3 is 34.3 Å². The Hall–Kier alpha value is -5.79. The number of sulfonamides is 1. The van der Waals surface area contributed by atoms with Gasteiger partial charge in [0.25, 0.3) is 21.6 Å². The summed E-state index contributed by atoms with van der Waals surface area (Å²) in [4.78, 5) is 39.4. The van der Waals surface area contributed by atoms with Crippen LogP contribution in [0.1, 0.15) is 35.2 Å². The molecule has 2 aromatic heterocycles. The molecule has 0 unspecified atom stereocenters. The maximum absolute atomic E-state index is 15.3. The Kier molecular flexibility index (Phi) is 12.0. The molecule has 2 saturated heterocycles.